The molecule has 0 aromatic carbocycles. The number of methoxy groups -OCH3 is 1. The third kappa shape index (κ3) is 3.25. The van der Waals surface area contributed by atoms with Gasteiger partial charge in [-0.3, -0.25) is 4.90 Å². The van der Waals surface area contributed by atoms with Crippen LogP contribution in [0.4, 0.5) is 0 Å². The highest BCUT2D eigenvalue weighted by molar-refractivity contribution is 4.89. The van der Waals surface area contributed by atoms with Crippen molar-refractivity contribution in [3.63, 3.8) is 0 Å². The van der Waals surface area contributed by atoms with Gasteiger partial charge in [-0.1, -0.05) is 12.8 Å². The number of nitrogens with zero attached hydrogens (tertiary/aromatic N) is 1. The van der Waals surface area contributed by atoms with Gasteiger partial charge in [-0.25, -0.2) is 0 Å². The van der Waals surface area contributed by atoms with Crippen LogP contribution in [0.15, 0.2) is 0 Å². The summed E-state index contributed by atoms with van der Waals surface area (Å²) in [4.78, 5) is 2.64. The molecule has 0 aliphatic heterocycles. The Labute approximate surface area is 112 Å². The third-order valence-electron chi connectivity index (χ3n) is 5.17. The van der Waals surface area contributed by atoms with Crippen LogP contribution in [0.1, 0.15) is 51.4 Å². The molecule has 0 amide bonds. The van der Waals surface area contributed by atoms with E-state index in [1.807, 2.05) is 7.11 Å². The second-order valence-corrected chi connectivity index (χ2v) is 6.09. The predicted molar refractivity (Wildman–Crippen MR) is 75.9 cm³/mol. The Kier molecular flexibility index (Phi) is 5.46. The Morgan fingerprint density at radius 3 is 2.28 bits per heavy atom. The molecule has 3 heteroatoms. The molecular formula is C15H30N2O. The largest absolute Gasteiger partial charge is 0.380 e. The minimum atomic E-state index is 0.464. The molecule has 2 saturated carbocycles. The zero-order valence-electron chi connectivity index (χ0n) is 12.3. The molecule has 0 spiro atoms. The highest BCUT2D eigenvalue weighted by Crippen LogP contribution is 2.30. The molecule has 2 fully saturated rings. The van der Waals surface area contributed by atoms with Crippen molar-refractivity contribution in [1.29, 1.82) is 0 Å². The maximum Gasteiger partial charge on any atom is 0.0726 e. The SMILES string of the molecule is CNC1CCC(N(C)C2CCCCC2OC)CC1. The summed E-state index contributed by atoms with van der Waals surface area (Å²) in [6.07, 6.45) is 11.1. The van der Waals surface area contributed by atoms with Crippen LogP contribution in [0.2, 0.25) is 0 Å². The molecule has 2 aliphatic rings. The number of rotatable bonds is 4. The van der Waals surface area contributed by atoms with E-state index in [9.17, 15) is 0 Å². The van der Waals surface area contributed by atoms with Crippen LogP contribution >= 0.6 is 0 Å². The van der Waals surface area contributed by atoms with Crippen LogP contribution in [-0.4, -0.2) is 50.3 Å². The lowest BCUT2D eigenvalue weighted by Gasteiger charge is -2.43. The van der Waals surface area contributed by atoms with Crippen molar-refractivity contribution in [2.75, 3.05) is 21.2 Å². The quantitative estimate of drug-likeness (QED) is 0.834. The lowest BCUT2D eigenvalue weighted by molar-refractivity contribution is -0.0226. The lowest BCUT2D eigenvalue weighted by atomic mass is 9.86. The first-order valence-corrected chi connectivity index (χ1v) is 7.68. The molecule has 2 unspecified atom stereocenters. The molecular weight excluding hydrogens is 224 g/mol. The fourth-order valence-electron chi connectivity index (χ4n) is 3.86. The minimum Gasteiger partial charge on any atom is -0.380 e. The smallest absolute Gasteiger partial charge is 0.0726 e. The Morgan fingerprint density at radius 1 is 1.00 bits per heavy atom. The monoisotopic (exact) mass is 254 g/mol. The summed E-state index contributed by atoms with van der Waals surface area (Å²) in [6.45, 7) is 0. The van der Waals surface area contributed by atoms with Crippen molar-refractivity contribution in [2.45, 2.75) is 75.6 Å². The number of nitrogens with one attached hydrogen (secondary N) is 1. The van der Waals surface area contributed by atoms with Gasteiger partial charge in [0.25, 0.3) is 0 Å². The van der Waals surface area contributed by atoms with E-state index in [0.29, 0.717) is 12.1 Å². The molecule has 2 aliphatic carbocycles. The fraction of sp³-hybridized carbons (Fsp3) is 1.00. The molecule has 2 rings (SSSR count). The molecule has 18 heavy (non-hydrogen) atoms. The van der Waals surface area contributed by atoms with Crippen molar-refractivity contribution >= 4 is 0 Å². The van der Waals surface area contributed by atoms with Crippen molar-refractivity contribution in [3.8, 4) is 0 Å². The zero-order chi connectivity index (χ0) is 13.0. The van der Waals surface area contributed by atoms with E-state index in [1.165, 1.54) is 51.4 Å². The van der Waals surface area contributed by atoms with Gasteiger partial charge >= 0.3 is 0 Å². The first-order valence-electron chi connectivity index (χ1n) is 7.68. The summed E-state index contributed by atoms with van der Waals surface area (Å²) >= 11 is 0. The van der Waals surface area contributed by atoms with Crippen molar-refractivity contribution < 1.29 is 4.74 Å². The second-order valence-electron chi connectivity index (χ2n) is 6.09. The standard InChI is InChI=1S/C15H30N2O/c1-16-12-8-10-13(11-9-12)17(2)14-6-4-5-7-15(14)18-3/h12-16H,4-11H2,1-3H3. The average Bonchev–Trinajstić information content (AvgIpc) is 2.46. The fourth-order valence-corrected chi connectivity index (χ4v) is 3.86. The molecule has 1 N–H and O–H groups in total. The second kappa shape index (κ2) is 6.88. The lowest BCUT2D eigenvalue weighted by Crippen LogP contribution is -2.50. The number of hydrogen-bond donors (Lipinski definition) is 1. The molecule has 0 aromatic heterocycles. The number of likely N-dealkylation sites (N-methyl/N-ethyl adjacent to an activating group) is 1. The van der Waals surface area contributed by atoms with E-state index in [-0.39, 0.29) is 0 Å². The normalized spacial score (nSPS) is 38.0. The van der Waals surface area contributed by atoms with Crippen molar-refractivity contribution in [3.05, 3.63) is 0 Å². The van der Waals surface area contributed by atoms with Crippen LogP contribution < -0.4 is 5.32 Å². The Hall–Kier alpha value is -0.120. The van der Waals surface area contributed by atoms with Gasteiger partial charge in [0.1, 0.15) is 0 Å². The summed E-state index contributed by atoms with van der Waals surface area (Å²) in [5.41, 5.74) is 0. The van der Waals surface area contributed by atoms with E-state index in [4.69, 9.17) is 4.74 Å². The van der Waals surface area contributed by atoms with Crippen molar-refractivity contribution in [1.82, 2.24) is 10.2 Å². The van der Waals surface area contributed by atoms with E-state index < -0.39 is 0 Å². The molecule has 0 radical (unpaired) electrons. The molecule has 3 nitrogen and oxygen atoms in total. The molecule has 0 bridgehead atoms. The Bertz CT molecular complexity index is 239. The maximum atomic E-state index is 5.70. The number of hydrogen-bond acceptors (Lipinski definition) is 3. The summed E-state index contributed by atoms with van der Waals surface area (Å²) in [5.74, 6) is 0. The third-order valence-corrected chi connectivity index (χ3v) is 5.17. The van der Waals surface area contributed by atoms with E-state index in [0.717, 1.165) is 12.1 Å². The molecule has 2 atom stereocenters. The minimum absolute atomic E-state index is 0.464. The molecule has 106 valence electrons. The van der Waals surface area contributed by atoms with Gasteiger partial charge in [0.15, 0.2) is 0 Å². The van der Waals surface area contributed by atoms with Gasteiger partial charge in [0.05, 0.1) is 6.10 Å². The topological polar surface area (TPSA) is 24.5 Å². The average molecular weight is 254 g/mol. The summed E-state index contributed by atoms with van der Waals surface area (Å²) in [7, 11) is 6.30. The van der Waals surface area contributed by atoms with Gasteiger partial charge in [0, 0.05) is 25.2 Å². The van der Waals surface area contributed by atoms with Gasteiger partial charge in [-0.05, 0) is 52.6 Å². The zero-order valence-corrected chi connectivity index (χ0v) is 12.3. The van der Waals surface area contributed by atoms with Gasteiger partial charge in [-0.15, -0.1) is 0 Å². The molecule has 0 saturated heterocycles. The number of ether oxygens (including phenoxy) is 1. The molecule has 0 aromatic rings. The van der Waals surface area contributed by atoms with Gasteiger partial charge < -0.3 is 10.1 Å². The van der Waals surface area contributed by atoms with E-state index in [1.54, 1.807) is 0 Å². The van der Waals surface area contributed by atoms with Crippen LogP contribution in [0.5, 0.6) is 0 Å². The first-order chi connectivity index (χ1) is 8.76. The highest BCUT2D eigenvalue weighted by atomic mass is 16.5. The van der Waals surface area contributed by atoms with Gasteiger partial charge in [0.2, 0.25) is 0 Å². The Balaban J connectivity index is 1.87. The van der Waals surface area contributed by atoms with Crippen LogP contribution in [0.3, 0.4) is 0 Å². The highest BCUT2D eigenvalue weighted by Gasteiger charge is 2.33. The van der Waals surface area contributed by atoms with Gasteiger partial charge in [-0.2, -0.15) is 0 Å². The Morgan fingerprint density at radius 2 is 1.67 bits per heavy atom. The van der Waals surface area contributed by atoms with Crippen LogP contribution in [-0.2, 0) is 4.74 Å². The van der Waals surface area contributed by atoms with E-state index in [2.05, 4.69) is 24.3 Å². The summed E-state index contributed by atoms with van der Waals surface area (Å²) in [6, 6.07) is 2.18. The summed E-state index contributed by atoms with van der Waals surface area (Å²) < 4.78 is 5.70. The molecule has 0 heterocycles. The predicted octanol–water partition coefficient (Wildman–Crippen LogP) is 2.41. The summed E-state index contributed by atoms with van der Waals surface area (Å²) in [5, 5.41) is 3.42. The van der Waals surface area contributed by atoms with Crippen LogP contribution in [0, 0.1) is 0 Å². The van der Waals surface area contributed by atoms with Crippen molar-refractivity contribution in [2.24, 2.45) is 0 Å². The maximum absolute atomic E-state index is 5.70. The van der Waals surface area contributed by atoms with E-state index >= 15 is 0 Å². The first kappa shape index (κ1) is 14.3. The van der Waals surface area contributed by atoms with Crippen LogP contribution in [0.25, 0.3) is 0 Å².